The molecule has 1 aromatic heterocycles. The number of thiazole rings is 1. The van der Waals surface area contributed by atoms with Crippen LogP contribution >= 0.6 is 34.7 Å². The Labute approximate surface area is 188 Å². The summed E-state index contributed by atoms with van der Waals surface area (Å²) in [5, 5.41) is 6.45. The smallest absolute Gasteiger partial charge is 0.253 e. The van der Waals surface area contributed by atoms with Crippen LogP contribution in [0.3, 0.4) is 0 Å². The third-order valence-electron chi connectivity index (χ3n) is 4.25. The molecule has 3 rings (SSSR count). The van der Waals surface area contributed by atoms with Crippen molar-refractivity contribution >= 4 is 61.9 Å². The normalized spacial score (nSPS) is 11.8. The van der Waals surface area contributed by atoms with Crippen LogP contribution in [-0.2, 0) is 4.79 Å². The van der Waals surface area contributed by atoms with Crippen molar-refractivity contribution in [2.45, 2.75) is 19.4 Å². The number of nitrogens with one attached hydrogen (secondary N) is 2. The van der Waals surface area contributed by atoms with Crippen molar-refractivity contribution in [1.29, 1.82) is 0 Å². The van der Waals surface area contributed by atoms with Crippen molar-refractivity contribution in [1.82, 2.24) is 10.3 Å². The second kappa shape index (κ2) is 10.7. The van der Waals surface area contributed by atoms with Crippen LogP contribution in [0.5, 0.6) is 5.75 Å². The summed E-state index contributed by atoms with van der Waals surface area (Å²) in [6.45, 7) is 2.50. The fourth-order valence-electron chi connectivity index (χ4n) is 2.79. The van der Waals surface area contributed by atoms with Gasteiger partial charge in [0.25, 0.3) is 5.91 Å². The quantitative estimate of drug-likeness (QED) is 0.474. The number of hydrogen-bond donors (Lipinski definition) is 2. The Kier molecular flexibility index (Phi) is 7.95. The van der Waals surface area contributed by atoms with E-state index in [-0.39, 0.29) is 11.8 Å². The van der Waals surface area contributed by atoms with Crippen LogP contribution in [-0.4, -0.2) is 41.5 Å². The molecule has 2 N–H and O–H groups in total. The number of fused-ring (bicyclic) bond motifs is 1. The highest BCUT2D eigenvalue weighted by Gasteiger charge is 2.23. The Morgan fingerprint density at radius 3 is 2.80 bits per heavy atom. The van der Waals surface area contributed by atoms with E-state index in [0.29, 0.717) is 28.7 Å². The maximum Gasteiger partial charge on any atom is 0.253 e. The molecule has 0 unspecified atom stereocenters. The average molecular weight is 464 g/mol. The fourth-order valence-corrected chi connectivity index (χ4v) is 4.38. The van der Waals surface area contributed by atoms with E-state index in [0.717, 1.165) is 21.7 Å². The zero-order valence-corrected chi connectivity index (χ0v) is 19.0. The molecule has 0 saturated carbocycles. The topological polar surface area (TPSA) is 80.3 Å². The average Bonchev–Trinajstić information content (AvgIpc) is 3.12. The highest BCUT2D eigenvalue weighted by Crippen LogP contribution is 2.29. The van der Waals surface area contributed by atoms with Crippen molar-refractivity contribution in [3.05, 3.63) is 53.1 Å². The summed E-state index contributed by atoms with van der Waals surface area (Å²) in [5.41, 5.74) is 1.11. The summed E-state index contributed by atoms with van der Waals surface area (Å²) >= 11 is 9.08. The van der Waals surface area contributed by atoms with Gasteiger partial charge in [0.1, 0.15) is 11.8 Å². The molecule has 0 spiro atoms. The molecule has 2 aromatic carbocycles. The first-order chi connectivity index (χ1) is 14.5. The molecule has 6 nitrogen and oxygen atoms in total. The second-order valence-electron chi connectivity index (χ2n) is 6.36. The molecule has 1 atom stereocenters. The molecule has 0 radical (unpaired) electrons. The SMILES string of the molecule is CCOc1ccc2nc(NC(=O)[C@H](CCSC)NC(=O)c3ccccc3Cl)sc2c1. The van der Waals surface area contributed by atoms with E-state index in [1.54, 1.807) is 36.0 Å². The number of rotatable bonds is 9. The van der Waals surface area contributed by atoms with Gasteiger partial charge in [-0.05, 0) is 55.7 Å². The van der Waals surface area contributed by atoms with Gasteiger partial charge >= 0.3 is 0 Å². The van der Waals surface area contributed by atoms with Gasteiger partial charge in [-0.1, -0.05) is 35.1 Å². The Morgan fingerprint density at radius 1 is 1.27 bits per heavy atom. The highest BCUT2D eigenvalue weighted by atomic mass is 35.5. The van der Waals surface area contributed by atoms with Crippen molar-refractivity contribution in [2.75, 3.05) is 23.9 Å². The summed E-state index contributed by atoms with van der Waals surface area (Å²) in [6.07, 6.45) is 2.44. The molecule has 0 aliphatic carbocycles. The standard InChI is InChI=1S/C21H22ClN3O3S2/c1-3-28-13-8-9-16-18(12-13)30-21(24-16)25-20(27)17(10-11-29-2)23-19(26)14-6-4-5-7-15(14)22/h4-9,12,17H,3,10-11H2,1-2H3,(H,23,26)(H,24,25,27)/t17-/m0/s1. The molecule has 0 fully saturated rings. The lowest BCUT2D eigenvalue weighted by Gasteiger charge is -2.17. The van der Waals surface area contributed by atoms with Crippen LogP contribution in [0.2, 0.25) is 5.02 Å². The lowest BCUT2D eigenvalue weighted by molar-refractivity contribution is -0.118. The first-order valence-electron chi connectivity index (χ1n) is 9.40. The van der Waals surface area contributed by atoms with Gasteiger partial charge in [0.2, 0.25) is 5.91 Å². The van der Waals surface area contributed by atoms with E-state index in [4.69, 9.17) is 16.3 Å². The number of anilines is 1. The second-order valence-corrected chi connectivity index (χ2v) is 8.78. The zero-order valence-electron chi connectivity index (χ0n) is 16.6. The summed E-state index contributed by atoms with van der Waals surface area (Å²) in [6, 6.07) is 11.7. The van der Waals surface area contributed by atoms with Crippen molar-refractivity contribution in [2.24, 2.45) is 0 Å². The molecule has 1 heterocycles. The third kappa shape index (κ3) is 5.65. The van der Waals surface area contributed by atoms with Gasteiger partial charge in [0.05, 0.1) is 27.4 Å². The first kappa shape index (κ1) is 22.4. The number of ether oxygens (including phenoxy) is 1. The minimum absolute atomic E-state index is 0.312. The molecular weight excluding hydrogens is 442 g/mol. The van der Waals surface area contributed by atoms with Gasteiger partial charge in [0, 0.05) is 0 Å². The first-order valence-corrected chi connectivity index (χ1v) is 12.0. The maximum atomic E-state index is 12.9. The van der Waals surface area contributed by atoms with Gasteiger partial charge < -0.3 is 15.4 Å². The Morgan fingerprint density at radius 2 is 2.07 bits per heavy atom. The highest BCUT2D eigenvalue weighted by molar-refractivity contribution is 7.98. The van der Waals surface area contributed by atoms with Crippen LogP contribution in [0, 0.1) is 0 Å². The molecule has 158 valence electrons. The molecule has 0 aliphatic rings. The number of amides is 2. The molecule has 0 aliphatic heterocycles. The lowest BCUT2D eigenvalue weighted by atomic mass is 10.1. The van der Waals surface area contributed by atoms with Crippen LogP contribution in [0.15, 0.2) is 42.5 Å². The number of carbonyl (C=O) groups excluding carboxylic acids is 2. The molecule has 9 heteroatoms. The van der Waals surface area contributed by atoms with E-state index in [2.05, 4.69) is 15.6 Å². The number of benzene rings is 2. The van der Waals surface area contributed by atoms with E-state index in [1.807, 2.05) is 31.4 Å². The number of carbonyl (C=O) groups is 2. The zero-order chi connectivity index (χ0) is 21.5. The molecule has 3 aromatic rings. The number of thioether (sulfide) groups is 1. The molecule has 0 saturated heterocycles. The maximum absolute atomic E-state index is 12.9. The Hall–Kier alpha value is -2.29. The van der Waals surface area contributed by atoms with E-state index < -0.39 is 6.04 Å². The minimum atomic E-state index is -0.702. The van der Waals surface area contributed by atoms with E-state index >= 15 is 0 Å². The molecule has 30 heavy (non-hydrogen) atoms. The van der Waals surface area contributed by atoms with E-state index in [9.17, 15) is 9.59 Å². The van der Waals surface area contributed by atoms with Gasteiger partial charge in [-0.3, -0.25) is 9.59 Å². The van der Waals surface area contributed by atoms with Crippen molar-refractivity contribution in [3.63, 3.8) is 0 Å². The predicted octanol–water partition coefficient (Wildman–Crippen LogP) is 4.84. The summed E-state index contributed by atoms with van der Waals surface area (Å²) in [5.74, 6) is 0.788. The van der Waals surface area contributed by atoms with Crippen LogP contribution in [0.4, 0.5) is 5.13 Å². The summed E-state index contributed by atoms with van der Waals surface area (Å²) in [7, 11) is 0. The minimum Gasteiger partial charge on any atom is -0.494 e. The van der Waals surface area contributed by atoms with Crippen LogP contribution in [0.25, 0.3) is 10.2 Å². The third-order valence-corrected chi connectivity index (χ3v) is 6.16. The van der Waals surface area contributed by atoms with Gasteiger partial charge in [0.15, 0.2) is 5.13 Å². The number of aromatic nitrogens is 1. The van der Waals surface area contributed by atoms with Gasteiger partial charge in [-0.25, -0.2) is 4.98 Å². The Balaban J connectivity index is 1.74. The number of halogens is 1. The Bertz CT molecular complexity index is 1040. The monoisotopic (exact) mass is 463 g/mol. The van der Waals surface area contributed by atoms with Crippen molar-refractivity contribution < 1.29 is 14.3 Å². The lowest BCUT2D eigenvalue weighted by Crippen LogP contribution is -2.44. The number of hydrogen-bond acceptors (Lipinski definition) is 6. The predicted molar refractivity (Wildman–Crippen MR) is 125 cm³/mol. The molecule has 2 amide bonds. The molecular formula is C21H22ClN3O3S2. The van der Waals surface area contributed by atoms with Crippen LogP contribution < -0.4 is 15.4 Å². The number of nitrogens with zero attached hydrogens (tertiary/aromatic N) is 1. The van der Waals surface area contributed by atoms with Gasteiger partial charge in [-0.15, -0.1) is 0 Å². The van der Waals surface area contributed by atoms with Crippen LogP contribution in [0.1, 0.15) is 23.7 Å². The van der Waals surface area contributed by atoms with Gasteiger partial charge in [-0.2, -0.15) is 11.8 Å². The largest absolute Gasteiger partial charge is 0.494 e. The van der Waals surface area contributed by atoms with E-state index in [1.165, 1.54) is 11.3 Å². The fraction of sp³-hybridized carbons (Fsp3) is 0.286. The summed E-state index contributed by atoms with van der Waals surface area (Å²) in [4.78, 5) is 30.0. The summed E-state index contributed by atoms with van der Waals surface area (Å²) < 4.78 is 6.43. The van der Waals surface area contributed by atoms with Crippen molar-refractivity contribution in [3.8, 4) is 5.75 Å². The molecule has 0 bridgehead atoms.